The summed E-state index contributed by atoms with van der Waals surface area (Å²) in [6.07, 6.45) is 1.23. The van der Waals surface area contributed by atoms with Crippen LogP contribution in [0, 0.1) is 5.41 Å². The number of ether oxygens (including phenoxy) is 1. The van der Waals surface area contributed by atoms with Crippen LogP contribution in [0.3, 0.4) is 0 Å². The molecule has 0 bridgehead atoms. The second kappa shape index (κ2) is 11.2. The van der Waals surface area contributed by atoms with Gasteiger partial charge in [-0.1, -0.05) is 18.2 Å². The van der Waals surface area contributed by atoms with Crippen molar-refractivity contribution >= 4 is 40.3 Å². The van der Waals surface area contributed by atoms with Crippen molar-refractivity contribution in [3.63, 3.8) is 0 Å². The lowest BCUT2D eigenvalue weighted by molar-refractivity contribution is 0.0725. The van der Waals surface area contributed by atoms with Gasteiger partial charge in [-0.3, -0.25) is 15.0 Å². The molecular weight excluding hydrogens is 492 g/mol. The van der Waals surface area contributed by atoms with E-state index in [1.807, 2.05) is 55.8 Å². The van der Waals surface area contributed by atoms with Gasteiger partial charge in [-0.25, -0.2) is 4.98 Å². The van der Waals surface area contributed by atoms with Crippen LogP contribution in [-0.2, 0) is 13.6 Å². The van der Waals surface area contributed by atoms with Gasteiger partial charge >= 0.3 is 0 Å². The molecular formula is C27H33ClN6O3. The molecule has 1 atom stereocenters. The Balaban J connectivity index is 1.65. The van der Waals surface area contributed by atoms with Crippen molar-refractivity contribution in [2.45, 2.75) is 45.3 Å². The normalized spacial score (nSPS) is 13.7. The zero-order valence-corrected chi connectivity index (χ0v) is 22.4. The summed E-state index contributed by atoms with van der Waals surface area (Å²) in [5, 5.41) is 13.8. The molecule has 0 saturated carbocycles. The summed E-state index contributed by atoms with van der Waals surface area (Å²) in [5.74, 6) is 1.27. The van der Waals surface area contributed by atoms with Gasteiger partial charge in [0.15, 0.2) is 0 Å². The van der Waals surface area contributed by atoms with Crippen molar-refractivity contribution in [2.24, 2.45) is 7.05 Å². The summed E-state index contributed by atoms with van der Waals surface area (Å²) in [6, 6.07) is 10.7. The number of carbonyl (C=O) groups excluding carboxylic acids is 2. The third-order valence-corrected chi connectivity index (χ3v) is 6.99. The Morgan fingerprint density at radius 3 is 2.70 bits per heavy atom. The highest BCUT2D eigenvalue weighted by Gasteiger charge is 2.34. The van der Waals surface area contributed by atoms with E-state index in [1.54, 1.807) is 18.1 Å². The van der Waals surface area contributed by atoms with Gasteiger partial charge < -0.3 is 24.8 Å². The number of aryl methyl sites for hydroxylation is 1. The lowest BCUT2D eigenvalue weighted by atomic mass is 10.0. The molecule has 2 amide bonds. The minimum atomic E-state index is -0.435. The number of aromatic nitrogens is 2. The van der Waals surface area contributed by atoms with Gasteiger partial charge in [-0.15, -0.1) is 11.6 Å². The first-order valence-electron chi connectivity index (χ1n) is 12.4. The van der Waals surface area contributed by atoms with E-state index in [2.05, 4.69) is 10.6 Å². The van der Waals surface area contributed by atoms with Crippen LogP contribution in [0.5, 0.6) is 5.75 Å². The van der Waals surface area contributed by atoms with E-state index in [0.29, 0.717) is 54.1 Å². The fourth-order valence-electron chi connectivity index (χ4n) is 4.77. The van der Waals surface area contributed by atoms with E-state index in [4.69, 9.17) is 26.7 Å². The van der Waals surface area contributed by atoms with E-state index in [9.17, 15) is 9.59 Å². The SMILES string of the molecule is COc1cccc2c1nc(C(CCCNC(=N)CCl)NC(=O)c1cccc3c1C(=O)N(C(C)C)C3)n2C. The number of carbonyl (C=O) groups is 2. The topological polar surface area (TPSA) is 112 Å². The van der Waals surface area contributed by atoms with Crippen LogP contribution in [-0.4, -0.2) is 57.7 Å². The van der Waals surface area contributed by atoms with Crippen molar-refractivity contribution in [3.05, 3.63) is 58.9 Å². The fraction of sp³-hybridized carbons (Fsp3) is 0.407. The van der Waals surface area contributed by atoms with Crippen LogP contribution in [0.1, 0.15) is 64.8 Å². The van der Waals surface area contributed by atoms with E-state index in [1.165, 1.54) is 0 Å². The number of alkyl halides is 1. The number of rotatable bonds is 10. The summed E-state index contributed by atoms with van der Waals surface area (Å²) in [7, 11) is 3.52. The molecule has 0 radical (unpaired) electrons. The smallest absolute Gasteiger partial charge is 0.255 e. The fourth-order valence-corrected chi connectivity index (χ4v) is 4.86. The second-order valence-electron chi connectivity index (χ2n) is 9.43. The molecule has 37 heavy (non-hydrogen) atoms. The molecule has 0 aliphatic carbocycles. The molecule has 2 aromatic carbocycles. The number of amides is 2. The maximum atomic E-state index is 13.6. The number of para-hydroxylation sites is 1. The molecule has 3 N–H and O–H groups in total. The Labute approximate surface area is 221 Å². The Kier molecular flexibility index (Phi) is 8.02. The molecule has 0 spiro atoms. The number of imidazole rings is 1. The molecule has 0 fully saturated rings. The third kappa shape index (κ3) is 5.27. The molecule has 196 valence electrons. The molecule has 1 unspecified atom stereocenters. The van der Waals surface area contributed by atoms with E-state index in [-0.39, 0.29) is 29.6 Å². The zero-order valence-electron chi connectivity index (χ0n) is 21.6. The molecule has 2 heterocycles. The van der Waals surface area contributed by atoms with Gasteiger partial charge in [0.1, 0.15) is 22.9 Å². The Bertz CT molecular complexity index is 1340. The zero-order chi connectivity index (χ0) is 26.7. The van der Waals surface area contributed by atoms with Crippen LogP contribution >= 0.6 is 11.6 Å². The Morgan fingerprint density at radius 2 is 2.00 bits per heavy atom. The molecule has 0 saturated heterocycles. The van der Waals surface area contributed by atoms with Crippen molar-refractivity contribution < 1.29 is 14.3 Å². The first-order valence-corrected chi connectivity index (χ1v) is 12.9. The monoisotopic (exact) mass is 524 g/mol. The number of nitrogens with one attached hydrogen (secondary N) is 3. The molecule has 1 aliphatic heterocycles. The molecule has 1 aromatic heterocycles. The summed E-state index contributed by atoms with van der Waals surface area (Å²) in [6.45, 7) is 4.97. The number of nitrogens with zero attached hydrogens (tertiary/aromatic N) is 3. The summed E-state index contributed by atoms with van der Waals surface area (Å²) >= 11 is 5.71. The predicted molar refractivity (Wildman–Crippen MR) is 145 cm³/mol. The first-order chi connectivity index (χ1) is 17.8. The molecule has 4 rings (SSSR count). The molecule has 10 heteroatoms. The highest BCUT2D eigenvalue weighted by molar-refractivity contribution is 6.27. The number of amidine groups is 1. The predicted octanol–water partition coefficient (Wildman–Crippen LogP) is 4.00. The minimum Gasteiger partial charge on any atom is -0.494 e. The van der Waals surface area contributed by atoms with Gasteiger partial charge in [-0.2, -0.15) is 0 Å². The number of fused-ring (bicyclic) bond motifs is 2. The average molecular weight is 525 g/mol. The summed E-state index contributed by atoms with van der Waals surface area (Å²) in [4.78, 5) is 33.4. The minimum absolute atomic E-state index is 0.0396. The van der Waals surface area contributed by atoms with Crippen molar-refractivity contribution in [1.29, 1.82) is 5.41 Å². The summed E-state index contributed by atoms with van der Waals surface area (Å²) < 4.78 is 7.46. The van der Waals surface area contributed by atoms with Gasteiger partial charge in [0.25, 0.3) is 11.8 Å². The standard InChI is InChI=1S/C27H33ClN6O3/c1-16(2)34-15-17-8-5-9-18(23(17)27(34)36)26(35)31-19(10-7-13-30-22(29)14-28)25-32-24-20(33(25)3)11-6-12-21(24)37-4/h5-6,8-9,11-12,16,19H,7,10,13-15H2,1-4H3,(H2,29,30)(H,31,35). The molecule has 9 nitrogen and oxygen atoms in total. The highest BCUT2D eigenvalue weighted by atomic mass is 35.5. The maximum Gasteiger partial charge on any atom is 0.255 e. The van der Waals surface area contributed by atoms with E-state index < -0.39 is 6.04 Å². The number of halogens is 1. The van der Waals surface area contributed by atoms with Crippen molar-refractivity contribution in [3.8, 4) is 5.75 Å². The first kappa shape index (κ1) is 26.5. The van der Waals surface area contributed by atoms with Crippen LogP contribution in [0.25, 0.3) is 11.0 Å². The van der Waals surface area contributed by atoms with Gasteiger partial charge in [0.05, 0.1) is 35.7 Å². The van der Waals surface area contributed by atoms with Crippen LogP contribution in [0.15, 0.2) is 36.4 Å². The van der Waals surface area contributed by atoms with Crippen LogP contribution in [0.2, 0.25) is 0 Å². The molecule has 1 aliphatic rings. The van der Waals surface area contributed by atoms with E-state index >= 15 is 0 Å². The average Bonchev–Trinajstić information content (AvgIpc) is 3.42. The summed E-state index contributed by atoms with van der Waals surface area (Å²) in [5.41, 5.74) is 3.30. The van der Waals surface area contributed by atoms with Crippen LogP contribution in [0.4, 0.5) is 0 Å². The lowest BCUT2D eigenvalue weighted by Crippen LogP contribution is -2.34. The van der Waals surface area contributed by atoms with Gasteiger partial charge in [0, 0.05) is 26.2 Å². The Hall–Kier alpha value is -3.59. The second-order valence-corrected chi connectivity index (χ2v) is 9.70. The van der Waals surface area contributed by atoms with E-state index in [0.717, 1.165) is 11.1 Å². The van der Waals surface area contributed by atoms with Crippen molar-refractivity contribution in [1.82, 2.24) is 25.1 Å². The largest absolute Gasteiger partial charge is 0.494 e. The van der Waals surface area contributed by atoms with Crippen LogP contribution < -0.4 is 15.4 Å². The molecule has 3 aromatic rings. The number of hydrogen-bond donors (Lipinski definition) is 3. The Morgan fingerprint density at radius 1 is 1.24 bits per heavy atom. The quantitative estimate of drug-likeness (QED) is 0.161. The lowest BCUT2D eigenvalue weighted by Gasteiger charge is -2.21. The highest BCUT2D eigenvalue weighted by Crippen LogP contribution is 2.31. The van der Waals surface area contributed by atoms with Gasteiger partial charge in [0.2, 0.25) is 0 Å². The number of benzene rings is 2. The number of hydrogen-bond acceptors (Lipinski definition) is 5. The third-order valence-electron chi connectivity index (χ3n) is 6.72. The maximum absolute atomic E-state index is 13.6. The van der Waals surface area contributed by atoms with Crippen molar-refractivity contribution in [2.75, 3.05) is 19.5 Å². The number of methoxy groups -OCH3 is 1. The van der Waals surface area contributed by atoms with Gasteiger partial charge in [-0.05, 0) is 50.5 Å².